The van der Waals surface area contributed by atoms with Gasteiger partial charge in [-0.05, 0) is 44.4 Å². The topological polar surface area (TPSA) is 15.8 Å². The number of aromatic amines is 1. The first-order chi connectivity index (χ1) is 6.84. The number of pyridine rings is 1. The van der Waals surface area contributed by atoms with Crippen LogP contribution in [0.4, 0.5) is 0 Å². The van der Waals surface area contributed by atoms with Gasteiger partial charge in [0.2, 0.25) is 0 Å². The molecule has 3 rings (SSSR count). The van der Waals surface area contributed by atoms with Gasteiger partial charge in [0, 0.05) is 11.8 Å². The van der Waals surface area contributed by atoms with E-state index in [2.05, 4.69) is 57.3 Å². The maximum atomic E-state index is 3.43. The molecule has 1 aromatic rings. The summed E-state index contributed by atoms with van der Waals surface area (Å²) in [4.78, 5) is 3.17. The molecule has 1 N–H and O–H groups in total. The summed E-state index contributed by atoms with van der Waals surface area (Å²) in [5, 5.41) is 2.61. The van der Waals surface area contributed by atoms with Crippen LogP contribution in [0, 0.1) is 0 Å². The van der Waals surface area contributed by atoms with Crippen LogP contribution < -0.4 is 0 Å². The third-order valence-corrected chi connectivity index (χ3v) is 2.97. The number of hydrogen-bond donors (Lipinski definition) is 1. The lowest BCUT2D eigenvalue weighted by Crippen LogP contribution is -1.78. The van der Waals surface area contributed by atoms with Gasteiger partial charge < -0.3 is 4.98 Å². The van der Waals surface area contributed by atoms with E-state index in [1.807, 2.05) is 6.20 Å². The monoisotopic (exact) mass is 245 g/mol. The summed E-state index contributed by atoms with van der Waals surface area (Å²) in [6, 6.07) is 12.8. The molecule has 68 valence electrons. The second-order valence-electron chi connectivity index (χ2n) is 3.38. The van der Waals surface area contributed by atoms with Crippen molar-refractivity contribution in [2.45, 2.75) is 0 Å². The van der Waals surface area contributed by atoms with Crippen LogP contribution >= 0.6 is 15.9 Å². The first-order valence-corrected chi connectivity index (χ1v) is 5.29. The molecule has 1 heterocycles. The van der Waals surface area contributed by atoms with Gasteiger partial charge in [0.25, 0.3) is 0 Å². The van der Waals surface area contributed by atoms with Crippen LogP contribution in [-0.4, -0.2) is 4.98 Å². The van der Waals surface area contributed by atoms with Crippen LogP contribution in [0.25, 0.3) is 21.9 Å². The number of nitrogens with one attached hydrogen (secondary N) is 1. The summed E-state index contributed by atoms with van der Waals surface area (Å²) in [5.41, 5.74) is 2.56. The summed E-state index contributed by atoms with van der Waals surface area (Å²) >= 11 is 3.43. The minimum atomic E-state index is 1.01. The highest BCUT2D eigenvalue weighted by molar-refractivity contribution is 9.10. The number of aromatic nitrogens is 1. The van der Waals surface area contributed by atoms with E-state index in [0.717, 1.165) is 4.60 Å². The Morgan fingerprint density at radius 2 is 1.93 bits per heavy atom. The van der Waals surface area contributed by atoms with Gasteiger partial charge in [-0.1, -0.05) is 24.3 Å². The van der Waals surface area contributed by atoms with Crippen molar-refractivity contribution in [2.75, 3.05) is 0 Å². The lowest BCUT2D eigenvalue weighted by atomic mass is 10.1. The maximum Gasteiger partial charge on any atom is 0.0825 e. The van der Waals surface area contributed by atoms with E-state index in [1.165, 1.54) is 21.9 Å². The van der Waals surface area contributed by atoms with E-state index in [-0.39, 0.29) is 0 Å². The SMILES string of the molecule is Brc1cc2cc3ccccc3c-2c[nH]1. The van der Waals surface area contributed by atoms with Crippen LogP contribution in [0.2, 0.25) is 0 Å². The summed E-state index contributed by atoms with van der Waals surface area (Å²) in [6.07, 6.45) is 2.04. The van der Waals surface area contributed by atoms with Crippen LogP contribution in [0.15, 0.2) is 47.2 Å². The van der Waals surface area contributed by atoms with Crippen molar-refractivity contribution in [1.29, 1.82) is 0 Å². The molecule has 14 heavy (non-hydrogen) atoms. The Kier molecular flexibility index (Phi) is 1.64. The number of halogens is 1. The Labute approximate surface area is 90.2 Å². The Morgan fingerprint density at radius 3 is 2.86 bits per heavy atom. The molecule has 0 bridgehead atoms. The Balaban J connectivity index is 2.50. The third-order valence-electron chi connectivity index (χ3n) is 2.51. The standard InChI is InChI=1S/C12H8BrN/c13-12-6-9-5-8-3-1-2-4-10(8)11(9)7-14-12/h1-7,14H. The molecule has 0 saturated carbocycles. The fourth-order valence-corrected chi connectivity index (χ4v) is 2.23. The smallest absolute Gasteiger partial charge is 0.0825 e. The van der Waals surface area contributed by atoms with Crippen LogP contribution in [0.3, 0.4) is 0 Å². The molecule has 1 nitrogen and oxygen atoms in total. The van der Waals surface area contributed by atoms with Crippen molar-refractivity contribution < 1.29 is 0 Å². The number of hydrogen-bond acceptors (Lipinski definition) is 0. The zero-order valence-corrected chi connectivity index (χ0v) is 9.01. The summed E-state index contributed by atoms with van der Waals surface area (Å²) in [6.45, 7) is 0. The van der Waals surface area contributed by atoms with Gasteiger partial charge in [0.05, 0.1) is 4.60 Å². The first kappa shape index (κ1) is 8.06. The van der Waals surface area contributed by atoms with Gasteiger partial charge in [-0.3, -0.25) is 0 Å². The average molecular weight is 246 g/mol. The van der Waals surface area contributed by atoms with E-state index >= 15 is 0 Å². The molecule has 0 unspecified atom stereocenters. The molecule has 1 aromatic carbocycles. The van der Waals surface area contributed by atoms with E-state index in [1.54, 1.807) is 0 Å². The lowest BCUT2D eigenvalue weighted by Gasteiger charge is -1.99. The number of fused-ring (bicyclic) bond motifs is 3. The summed E-state index contributed by atoms with van der Waals surface area (Å²) in [5.74, 6) is 0. The molecular weight excluding hydrogens is 238 g/mol. The molecule has 0 spiro atoms. The first-order valence-electron chi connectivity index (χ1n) is 4.50. The average Bonchev–Trinajstić information content (AvgIpc) is 2.54. The van der Waals surface area contributed by atoms with Gasteiger partial charge >= 0.3 is 0 Å². The molecule has 0 radical (unpaired) electrons. The van der Waals surface area contributed by atoms with E-state index in [0.29, 0.717) is 0 Å². The largest absolute Gasteiger partial charge is 0.355 e. The fraction of sp³-hybridized carbons (Fsp3) is 0. The Bertz CT molecular complexity index is 568. The summed E-state index contributed by atoms with van der Waals surface area (Å²) < 4.78 is 1.01. The van der Waals surface area contributed by atoms with Gasteiger partial charge in [-0.2, -0.15) is 0 Å². The van der Waals surface area contributed by atoms with E-state index < -0.39 is 0 Å². The molecule has 0 saturated heterocycles. The van der Waals surface area contributed by atoms with Crippen molar-refractivity contribution in [3.63, 3.8) is 0 Å². The normalized spacial score (nSPS) is 11.2. The predicted molar refractivity (Wildman–Crippen MR) is 62.6 cm³/mol. The zero-order chi connectivity index (χ0) is 9.54. The minimum Gasteiger partial charge on any atom is -0.355 e. The van der Waals surface area contributed by atoms with Crippen molar-refractivity contribution in [3.05, 3.63) is 47.2 Å². The number of benzene rings is 1. The Hall–Kier alpha value is -1.28. The highest BCUT2D eigenvalue weighted by Crippen LogP contribution is 2.34. The second kappa shape index (κ2) is 2.85. The maximum absolute atomic E-state index is 3.43. The second-order valence-corrected chi connectivity index (χ2v) is 4.24. The minimum absolute atomic E-state index is 1.01. The highest BCUT2D eigenvalue weighted by atomic mass is 79.9. The lowest BCUT2D eigenvalue weighted by molar-refractivity contribution is 1.29. The third kappa shape index (κ3) is 1.07. The molecule has 1 aliphatic heterocycles. The van der Waals surface area contributed by atoms with Crippen molar-refractivity contribution in [1.82, 2.24) is 4.98 Å². The van der Waals surface area contributed by atoms with Crippen molar-refractivity contribution in [3.8, 4) is 11.1 Å². The molecule has 1 aliphatic carbocycles. The van der Waals surface area contributed by atoms with E-state index in [9.17, 15) is 0 Å². The molecule has 0 aromatic heterocycles. The Morgan fingerprint density at radius 1 is 1.07 bits per heavy atom. The van der Waals surface area contributed by atoms with Crippen LogP contribution in [0.1, 0.15) is 0 Å². The highest BCUT2D eigenvalue weighted by Gasteiger charge is 2.08. The van der Waals surface area contributed by atoms with Gasteiger partial charge in [0.15, 0.2) is 0 Å². The zero-order valence-electron chi connectivity index (χ0n) is 7.42. The fourth-order valence-electron chi connectivity index (χ4n) is 1.87. The quantitative estimate of drug-likeness (QED) is 0.576. The summed E-state index contributed by atoms with van der Waals surface area (Å²) in [7, 11) is 0. The van der Waals surface area contributed by atoms with Crippen LogP contribution in [0.5, 0.6) is 0 Å². The molecule has 0 amide bonds. The number of rotatable bonds is 0. The molecule has 0 fully saturated rings. The van der Waals surface area contributed by atoms with Gasteiger partial charge in [-0.15, -0.1) is 0 Å². The van der Waals surface area contributed by atoms with Gasteiger partial charge in [-0.25, -0.2) is 0 Å². The van der Waals surface area contributed by atoms with Gasteiger partial charge in [0.1, 0.15) is 0 Å². The van der Waals surface area contributed by atoms with Crippen LogP contribution in [-0.2, 0) is 0 Å². The van der Waals surface area contributed by atoms with Crippen molar-refractivity contribution in [2.24, 2.45) is 0 Å². The molecule has 2 heteroatoms. The molecule has 2 aliphatic rings. The van der Waals surface area contributed by atoms with Crippen molar-refractivity contribution >= 4 is 26.7 Å². The van der Waals surface area contributed by atoms with E-state index in [4.69, 9.17) is 0 Å². The number of H-pyrrole nitrogens is 1. The molecular formula is C12H8BrN. The molecule has 0 atom stereocenters. The predicted octanol–water partition coefficient (Wildman–Crippen LogP) is 4.04.